The van der Waals surface area contributed by atoms with Crippen LogP contribution in [0.4, 0.5) is 5.69 Å². The molecule has 1 aliphatic heterocycles. The molecule has 144 valence electrons. The van der Waals surface area contributed by atoms with Crippen molar-refractivity contribution in [2.75, 3.05) is 18.6 Å². The van der Waals surface area contributed by atoms with Crippen LogP contribution in [0.3, 0.4) is 0 Å². The number of hydrogen-bond acceptors (Lipinski definition) is 4. The highest BCUT2D eigenvalue weighted by Gasteiger charge is 2.30. The number of nitrogens with zero attached hydrogens (tertiary/aromatic N) is 1. The van der Waals surface area contributed by atoms with E-state index in [1.54, 1.807) is 18.1 Å². The first-order chi connectivity index (χ1) is 13.7. The van der Waals surface area contributed by atoms with E-state index in [1.807, 2.05) is 48.5 Å². The number of rotatable bonds is 5. The van der Waals surface area contributed by atoms with Crippen LogP contribution in [0.5, 0.6) is 5.75 Å². The number of H-pyrrole nitrogens is 1. The van der Waals surface area contributed by atoms with Crippen molar-refractivity contribution in [3.05, 3.63) is 70.5 Å². The summed E-state index contributed by atoms with van der Waals surface area (Å²) in [5, 5.41) is 0.923. The Morgan fingerprint density at radius 3 is 2.86 bits per heavy atom. The number of amides is 1. The van der Waals surface area contributed by atoms with Crippen LogP contribution >= 0.6 is 0 Å². The van der Waals surface area contributed by atoms with Gasteiger partial charge in [-0.3, -0.25) is 9.59 Å². The maximum Gasteiger partial charge on any atom is 0.256 e. The molecule has 0 saturated carbocycles. The third-order valence-corrected chi connectivity index (χ3v) is 4.99. The van der Waals surface area contributed by atoms with Gasteiger partial charge in [-0.15, -0.1) is 0 Å². The van der Waals surface area contributed by atoms with E-state index in [2.05, 4.69) is 4.98 Å². The summed E-state index contributed by atoms with van der Waals surface area (Å²) in [5.74, 6) is 0.508. The molecule has 1 aliphatic rings. The predicted octanol–water partition coefficient (Wildman–Crippen LogP) is 3.25. The average Bonchev–Trinajstić information content (AvgIpc) is 3.26. The van der Waals surface area contributed by atoms with E-state index in [-0.39, 0.29) is 18.0 Å². The van der Waals surface area contributed by atoms with Gasteiger partial charge in [-0.1, -0.05) is 24.3 Å². The molecular formula is C22H22N2O4. The van der Waals surface area contributed by atoms with Crippen molar-refractivity contribution in [3.63, 3.8) is 0 Å². The second-order valence-electron chi connectivity index (χ2n) is 6.84. The monoisotopic (exact) mass is 378 g/mol. The molecule has 3 aromatic rings. The van der Waals surface area contributed by atoms with Gasteiger partial charge in [0.15, 0.2) is 0 Å². The Bertz CT molecular complexity index is 1050. The van der Waals surface area contributed by atoms with Crippen LogP contribution in [0.15, 0.2) is 59.4 Å². The van der Waals surface area contributed by atoms with Crippen LogP contribution in [0.1, 0.15) is 18.4 Å². The minimum Gasteiger partial charge on any atom is -0.497 e. The van der Waals surface area contributed by atoms with Gasteiger partial charge >= 0.3 is 0 Å². The molecule has 1 N–H and O–H groups in total. The van der Waals surface area contributed by atoms with Crippen molar-refractivity contribution >= 4 is 22.5 Å². The molecule has 2 heterocycles. The molecule has 0 bridgehead atoms. The topological polar surface area (TPSA) is 71.6 Å². The minimum atomic E-state index is -0.481. The average molecular weight is 378 g/mol. The van der Waals surface area contributed by atoms with E-state index < -0.39 is 6.10 Å². The molecule has 4 rings (SSSR count). The Kier molecular flexibility index (Phi) is 5.12. The van der Waals surface area contributed by atoms with Gasteiger partial charge in [0, 0.05) is 29.4 Å². The van der Waals surface area contributed by atoms with Crippen molar-refractivity contribution in [3.8, 4) is 5.75 Å². The largest absolute Gasteiger partial charge is 0.497 e. The quantitative estimate of drug-likeness (QED) is 0.740. The van der Waals surface area contributed by atoms with Crippen LogP contribution in [-0.4, -0.2) is 30.7 Å². The number of carbonyl (C=O) groups excluding carboxylic acids is 1. The lowest BCUT2D eigenvalue weighted by molar-refractivity contribution is -0.127. The fraction of sp³-hybridized carbons (Fsp3) is 0.273. The Hall–Kier alpha value is -3.12. The van der Waals surface area contributed by atoms with E-state index in [1.165, 1.54) is 0 Å². The first kappa shape index (κ1) is 18.3. The van der Waals surface area contributed by atoms with Crippen molar-refractivity contribution in [2.24, 2.45) is 0 Å². The first-order valence-corrected chi connectivity index (χ1v) is 9.33. The SMILES string of the molecule is COc1cccc(N(Cc2cc3ccccc3[nH]c2=O)C(=O)[C@@H]2CCCO2)c1. The van der Waals surface area contributed by atoms with Crippen LogP contribution in [0.25, 0.3) is 10.9 Å². The molecule has 1 amide bonds. The zero-order valence-electron chi connectivity index (χ0n) is 15.7. The van der Waals surface area contributed by atoms with E-state index in [0.717, 1.165) is 17.3 Å². The highest BCUT2D eigenvalue weighted by Crippen LogP contribution is 2.26. The molecule has 6 heteroatoms. The number of aromatic amines is 1. The second-order valence-corrected chi connectivity index (χ2v) is 6.84. The molecule has 28 heavy (non-hydrogen) atoms. The van der Waals surface area contributed by atoms with E-state index in [9.17, 15) is 9.59 Å². The van der Waals surface area contributed by atoms with Crippen molar-refractivity contribution in [1.29, 1.82) is 0 Å². The summed E-state index contributed by atoms with van der Waals surface area (Å²) in [4.78, 5) is 30.3. The zero-order valence-corrected chi connectivity index (χ0v) is 15.7. The van der Waals surface area contributed by atoms with Crippen molar-refractivity contribution < 1.29 is 14.3 Å². The summed E-state index contributed by atoms with van der Waals surface area (Å²) in [6, 6.07) is 16.7. The number of pyridine rings is 1. The number of nitrogens with one attached hydrogen (secondary N) is 1. The van der Waals surface area contributed by atoms with Gasteiger partial charge in [0.1, 0.15) is 11.9 Å². The van der Waals surface area contributed by atoms with E-state index in [4.69, 9.17) is 9.47 Å². The predicted molar refractivity (Wildman–Crippen MR) is 108 cm³/mol. The van der Waals surface area contributed by atoms with E-state index in [0.29, 0.717) is 30.0 Å². The Morgan fingerprint density at radius 2 is 2.07 bits per heavy atom. The molecule has 1 fully saturated rings. The molecule has 1 aromatic heterocycles. The van der Waals surface area contributed by atoms with Crippen LogP contribution in [0.2, 0.25) is 0 Å². The fourth-order valence-corrected chi connectivity index (χ4v) is 3.50. The van der Waals surface area contributed by atoms with Crippen LogP contribution in [0, 0.1) is 0 Å². The van der Waals surface area contributed by atoms with Crippen LogP contribution < -0.4 is 15.2 Å². The summed E-state index contributed by atoms with van der Waals surface area (Å²) in [7, 11) is 1.58. The lowest BCUT2D eigenvalue weighted by Gasteiger charge is -2.25. The summed E-state index contributed by atoms with van der Waals surface area (Å²) < 4.78 is 10.9. The molecule has 0 aliphatic carbocycles. The zero-order chi connectivity index (χ0) is 19.5. The Labute approximate surface area is 162 Å². The smallest absolute Gasteiger partial charge is 0.256 e. The molecule has 2 aromatic carbocycles. The molecule has 1 atom stereocenters. The Morgan fingerprint density at radius 1 is 1.21 bits per heavy atom. The molecule has 0 radical (unpaired) electrons. The number of ether oxygens (including phenoxy) is 2. The van der Waals surface area contributed by atoms with Gasteiger partial charge in [-0.05, 0) is 42.5 Å². The number of benzene rings is 2. The summed E-state index contributed by atoms with van der Waals surface area (Å²) in [6.07, 6.45) is 1.07. The Balaban J connectivity index is 1.73. The fourth-order valence-electron chi connectivity index (χ4n) is 3.50. The first-order valence-electron chi connectivity index (χ1n) is 9.33. The molecule has 0 unspecified atom stereocenters. The summed E-state index contributed by atoms with van der Waals surface area (Å²) in [6.45, 7) is 0.741. The minimum absolute atomic E-state index is 0.140. The molecule has 1 saturated heterocycles. The van der Waals surface area contributed by atoms with Crippen LogP contribution in [-0.2, 0) is 16.1 Å². The van der Waals surface area contributed by atoms with Crippen molar-refractivity contribution in [2.45, 2.75) is 25.5 Å². The summed E-state index contributed by atoms with van der Waals surface area (Å²) >= 11 is 0. The third kappa shape index (κ3) is 3.64. The molecule has 6 nitrogen and oxygen atoms in total. The van der Waals surface area contributed by atoms with Gasteiger partial charge in [-0.25, -0.2) is 0 Å². The lowest BCUT2D eigenvalue weighted by Crippen LogP contribution is -2.39. The number of para-hydroxylation sites is 1. The van der Waals surface area contributed by atoms with Gasteiger partial charge in [0.2, 0.25) is 0 Å². The lowest BCUT2D eigenvalue weighted by atomic mass is 10.1. The van der Waals surface area contributed by atoms with Gasteiger partial charge in [0.25, 0.3) is 11.5 Å². The third-order valence-electron chi connectivity index (χ3n) is 4.99. The molecule has 0 spiro atoms. The number of aromatic nitrogens is 1. The number of methoxy groups -OCH3 is 1. The van der Waals surface area contributed by atoms with Gasteiger partial charge in [0.05, 0.1) is 13.7 Å². The van der Waals surface area contributed by atoms with Crippen molar-refractivity contribution in [1.82, 2.24) is 4.98 Å². The number of fused-ring (bicyclic) bond motifs is 1. The standard InChI is InChI=1S/C22H22N2O4/c1-27-18-8-4-7-17(13-18)24(22(26)20-10-5-11-28-20)14-16-12-15-6-2-3-9-19(15)23-21(16)25/h2-4,6-9,12-13,20H,5,10-11,14H2,1H3,(H,23,25)/t20-/m0/s1. The highest BCUT2D eigenvalue weighted by molar-refractivity contribution is 5.97. The number of hydrogen-bond donors (Lipinski definition) is 1. The maximum absolute atomic E-state index is 13.2. The van der Waals surface area contributed by atoms with Gasteiger partial charge < -0.3 is 19.4 Å². The maximum atomic E-state index is 13.2. The normalized spacial score (nSPS) is 16.2. The summed E-state index contributed by atoms with van der Waals surface area (Å²) in [5.41, 5.74) is 1.77. The number of carbonyl (C=O) groups is 1. The molecular weight excluding hydrogens is 356 g/mol. The highest BCUT2D eigenvalue weighted by atomic mass is 16.5. The van der Waals surface area contributed by atoms with Gasteiger partial charge in [-0.2, -0.15) is 0 Å². The van der Waals surface area contributed by atoms with E-state index >= 15 is 0 Å². The second kappa shape index (κ2) is 7.86. The number of anilines is 1.